The molecule has 7 heteroatoms. The Kier molecular flexibility index (Phi) is 6.99. The van der Waals surface area contributed by atoms with Gasteiger partial charge in [0, 0.05) is 46.4 Å². The van der Waals surface area contributed by atoms with Gasteiger partial charge in [-0.3, -0.25) is 15.0 Å². The summed E-state index contributed by atoms with van der Waals surface area (Å²) in [7, 11) is 0. The highest BCUT2D eigenvalue weighted by atomic mass is 79.9. The molecule has 1 saturated heterocycles. The molecule has 1 aromatic heterocycles. The molecule has 0 radical (unpaired) electrons. The van der Waals surface area contributed by atoms with E-state index in [1.54, 1.807) is 48.7 Å². The summed E-state index contributed by atoms with van der Waals surface area (Å²) in [5, 5.41) is 11.3. The van der Waals surface area contributed by atoms with Crippen molar-refractivity contribution in [2.45, 2.75) is 32.2 Å². The third kappa shape index (κ3) is 5.37. The number of carbonyl (C=O) groups excluding carboxylic acids is 2. The molecule has 6 nitrogen and oxygen atoms in total. The summed E-state index contributed by atoms with van der Waals surface area (Å²) >= 11 is 3.32. The van der Waals surface area contributed by atoms with E-state index in [1.165, 1.54) is 0 Å². The van der Waals surface area contributed by atoms with Crippen molar-refractivity contribution in [1.29, 1.82) is 5.41 Å². The Balaban J connectivity index is 1.46. The van der Waals surface area contributed by atoms with Crippen molar-refractivity contribution in [1.82, 2.24) is 9.88 Å². The van der Waals surface area contributed by atoms with Crippen LogP contribution in [-0.4, -0.2) is 40.0 Å². The van der Waals surface area contributed by atoms with Gasteiger partial charge in [0.15, 0.2) is 5.78 Å². The van der Waals surface area contributed by atoms with Crippen LogP contribution in [0, 0.1) is 5.41 Å². The molecule has 168 valence electrons. The number of carbonyl (C=O) groups is 2. The van der Waals surface area contributed by atoms with Gasteiger partial charge >= 0.3 is 0 Å². The van der Waals surface area contributed by atoms with E-state index in [0.29, 0.717) is 34.4 Å². The van der Waals surface area contributed by atoms with Crippen LogP contribution in [0.1, 0.15) is 51.6 Å². The molecule has 0 aliphatic carbocycles. The van der Waals surface area contributed by atoms with Crippen LogP contribution < -0.4 is 5.32 Å². The fourth-order valence-corrected chi connectivity index (χ4v) is 4.28. The average Bonchev–Trinajstić information content (AvgIpc) is 3.26. The van der Waals surface area contributed by atoms with Gasteiger partial charge in [-0.1, -0.05) is 42.5 Å². The number of likely N-dealkylation sites (tertiary alicyclic amines) is 1. The Morgan fingerprint density at radius 1 is 1.09 bits per heavy atom. The topological polar surface area (TPSA) is 86.2 Å². The zero-order chi connectivity index (χ0) is 23.4. The quantitative estimate of drug-likeness (QED) is 0.269. The van der Waals surface area contributed by atoms with Gasteiger partial charge in [-0.2, -0.15) is 0 Å². The molecule has 33 heavy (non-hydrogen) atoms. The van der Waals surface area contributed by atoms with Gasteiger partial charge in [-0.15, -0.1) is 0 Å². The van der Waals surface area contributed by atoms with Crippen molar-refractivity contribution >= 4 is 39.3 Å². The summed E-state index contributed by atoms with van der Waals surface area (Å²) in [6.45, 7) is 3.04. The molecule has 1 amide bonds. The number of halogens is 1. The average molecular weight is 505 g/mol. The molecule has 1 unspecified atom stereocenters. The second kappa shape index (κ2) is 10.1. The fraction of sp³-hybridized carbons (Fsp3) is 0.231. The van der Waals surface area contributed by atoms with Crippen molar-refractivity contribution in [2.75, 3.05) is 11.9 Å². The zero-order valence-corrected chi connectivity index (χ0v) is 19.9. The van der Waals surface area contributed by atoms with Crippen LogP contribution in [0.4, 0.5) is 5.82 Å². The normalized spacial score (nSPS) is 15.3. The molecule has 0 saturated carbocycles. The number of ketones is 1. The highest BCUT2D eigenvalue weighted by Gasteiger charge is 2.23. The highest BCUT2D eigenvalue weighted by Crippen LogP contribution is 2.21. The molecule has 1 aliphatic rings. The monoisotopic (exact) mass is 504 g/mol. The molecule has 1 atom stereocenters. The van der Waals surface area contributed by atoms with E-state index in [4.69, 9.17) is 5.41 Å². The first-order chi connectivity index (χ1) is 15.9. The van der Waals surface area contributed by atoms with Crippen LogP contribution >= 0.6 is 15.9 Å². The van der Waals surface area contributed by atoms with Crippen LogP contribution in [0.2, 0.25) is 0 Å². The van der Waals surface area contributed by atoms with E-state index < -0.39 is 0 Å². The van der Waals surface area contributed by atoms with E-state index in [0.717, 1.165) is 29.4 Å². The number of hydrogen-bond donors (Lipinski definition) is 2. The smallest absolute Gasteiger partial charge is 0.257 e. The molecule has 3 aromatic rings. The maximum atomic E-state index is 13.0. The zero-order valence-electron chi connectivity index (χ0n) is 18.3. The van der Waals surface area contributed by atoms with Crippen LogP contribution in [0.3, 0.4) is 0 Å². The van der Waals surface area contributed by atoms with Crippen molar-refractivity contribution in [3.63, 3.8) is 0 Å². The van der Waals surface area contributed by atoms with E-state index in [2.05, 4.69) is 38.1 Å². The fourth-order valence-electron chi connectivity index (χ4n) is 4.05. The summed E-state index contributed by atoms with van der Waals surface area (Å²) in [6, 6.07) is 18.2. The van der Waals surface area contributed by atoms with Crippen LogP contribution in [0.5, 0.6) is 0 Å². The van der Waals surface area contributed by atoms with Crippen molar-refractivity contribution in [2.24, 2.45) is 0 Å². The summed E-state index contributed by atoms with van der Waals surface area (Å²) in [5.41, 5.74) is 2.46. The Morgan fingerprint density at radius 2 is 1.82 bits per heavy atom. The lowest BCUT2D eigenvalue weighted by Crippen LogP contribution is -2.33. The number of nitrogens with zero attached hydrogens (tertiary/aromatic N) is 2. The molecule has 2 heterocycles. The van der Waals surface area contributed by atoms with E-state index in [9.17, 15) is 9.59 Å². The molecular formula is C26H25BrN4O2. The summed E-state index contributed by atoms with van der Waals surface area (Å²) in [4.78, 5) is 32.0. The number of amidine groups is 1. The lowest BCUT2D eigenvalue weighted by Gasteiger charge is -2.24. The maximum absolute atomic E-state index is 13.0. The lowest BCUT2D eigenvalue weighted by molar-refractivity contribution is 0.0992. The summed E-state index contributed by atoms with van der Waals surface area (Å²) < 4.78 is 0.822. The maximum Gasteiger partial charge on any atom is 0.257 e. The third-order valence-corrected chi connectivity index (χ3v) is 6.37. The Morgan fingerprint density at radius 3 is 2.48 bits per heavy atom. The van der Waals surface area contributed by atoms with Gasteiger partial charge in [0.25, 0.3) is 5.91 Å². The van der Waals surface area contributed by atoms with Gasteiger partial charge in [-0.05, 0) is 59.5 Å². The summed E-state index contributed by atoms with van der Waals surface area (Å²) in [5.74, 6) is 0.554. The van der Waals surface area contributed by atoms with Crippen LogP contribution in [-0.2, 0) is 6.42 Å². The van der Waals surface area contributed by atoms with Crippen LogP contribution in [0.15, 0.2) is 71.3 Å². The van der Waals surface area contributed by atoms with Crippen molar-refractivity contribution in [3.05, 3.63) is 93.6 Å². The standard InChI is InChI=1S/C26H25BrN4O2/c1-17-5-4-14-31(17)25(28)19-10-8-18(9-11-19)23(32)15-20-6-2-3-7-22(20)26(33)30-24-13-12-21(27)16-29-24/h2-3,6-13,16-17,28H,4-5,14-15H2,1H3,(H,29,30,33). The van der Waals surface area contributed by atoms with E-state index >= 15 is 0 Å². The molecule has 1 fully saturated rings. The number of aromatic nitrogens is 1. The number of amides is 1. The SMILES string of the molecule is CC1CCCN1C(=N)c1ccc(C(=O)Cc2ccccc2C(=O)Nc2ccc(Br)cn2)cc1. The Hall–Kier alpha value is -3.32. The minimum Gasteiger partial charge on any atom is -0.354 e. The lowest BCUT2D eigenvalue weighted by atomic mass is 9.97. The van der Waals surface area contributed by atoms with Crippen molar-refractivity contribution < 1.29 is 9.59 Å². The van der Waals surface area contributed by atoms with Gasteiger partial charge in [-0.25, -0.2) is 4.98 Å². The van der Waals surface area contributed by atoms with Gasteiger partial charge in [0.1, 0.15) is 11.7 Å². The molecule has 1 aliphatic heterocycles. The number of hydrogen-bond acceptors (Lipinski definition) is 4. The Bertz CT molecular complexity index is 1180. The summed E-state index contributed by atoms with van der Waals surface area (Å²) in [6.07, 6.45) is 3.92. The predicted octanol–water partition coefficient (Wildman–Crippen LogP) is 5.33. The molecule has 4 rings (SSSR count). The minimum atomic E-state index is -0.309. The Labute approximate surface area is 201 Å². The molecule has 2 aromatic carbocycles. The molecular weight excluding hydrogens is 480 g/mol. The molecule has 0 spiro atoms. The van der Waals surface area contributed by atoms with Crippen molar-refractivity contribution in [3.8, 4) is 0 Å². The van der Waals surface area contributed by atoms with Gasteiger partial charge in [0.05, 0.1) is 0 Å². The number of nitrogens with one attached hydrogen (secondary N) is 2. The second-order valence-corrected chi connectivity index (χ2v) is 9.10. The number of pyridine rings is 1. The van der Waals surface area contributed by atoms with E-state index in [-0.39, 0.29) is 18.1 Å². The van der Waals surface area contributed by atoms with Gasteiger partial charge in [0.2, 0.25) is 0 Å². The minimum absolute atomic E-state index is 0.0790. The molecule has 2 N–H and O–H groups in total. The third-order valence-electron chi connectivity index (χ3n) is 5.90. The predicted molar refractivity (Wildman–Crippen MR) is 133 cm³/mol. The van der Waals surface area contributed by atoms with E-state index in [1.807, 2.05) is 18.2 Å². The largest absolute Gasteiger partial charge is 0.354 e. The first kappa shape index (κ1) is 22.9. The number of anilines is 1. The van der Waals surface area contributed by atoms with Crippen LogP contribution in [0.25, 0.3) is 0 Å². The highest BCUT2D eigenvalue weighted by molar-refractivity contribution is 9.10. The first-order valence-electron chi connectivity index (χ1n) is 10.9. The van der Waals surface area contributed by atoms with Gasteiger partial charge < -0.3 is 10.2 Å². The second-order valence-electron chi connectivity index (χ2n) is 8.18. The first-order valence-corrected chi connectivity index (χ1v) is 11.7. The number of rotatable bonds is 6. The number of Topliss-reactive ketones (excluding diaryl/α,β-unsaturated/α-hetero) is 1. The molecule has 0 bridgehead atoms. The number of benzene rings is 2.